The summed E-state index contributed by atoms with van der Waals surface area (Å²) in [5, 5.41) is 16.5. The summed E-state index contributed by atoms with van der Waals surface area (Å²) < 4.78 is 1.69. The zero-order valence-electron chi connectivity index (χ0n) is 16.3. The van der Waals surface area contributed by atoms with E-state index in [1.165, 1.54) is 17.3 Å². The molecular formula is C22H21N5OS. The Labute approximate surface area is 173 Å². The molecule has 0 aliphatic rings. The summed E-state index contributed by atoms with van der Waals surface area (Å²) in [7, 11) is 0. The summed E-state index contributed by atoms with van der Waals surface area (Å²) in [6, 6.07) is 19.9. The number of carbonyl (C=O) groups is 1. The first-order valence-electron chi connectivity index (χ1n) is 9.43. The first-order valence-corrected chi connectivity index (χ1v) is 10.4. The molecule has 6 nitrogen and oxygen atoms in total. The smallest absolute Gasteiger partial charge is 0.234 e. The highest BCUT2D eigenvalue weighted by atomic mass is 32.2. The van der Waals surface area contributed by atoms with E-state index in [0.29, 0.717) is 10.8 Å². The number of hydrogen-bond acceptors (Lipinski definition) is 5. The predicted molar refractivity (Wildman–Crippen MR) is 116 cm³/mol. The molecule has 0 aliphatic heterocycles. The SMILES string of the molecule is CCc1ccc(-c2ccc3nnc(SCC(=O)Nc4cccc(C)c4)n3n2)cc1. The van der Waals surface area contributed by atoms with Crippen LogP contribution in [0.3, 0.4) is 0 Å². The number of amides is 1. The first kappa shape index (κ1) is 19.1. The minimum atomic E-state index is -0.0938. The largest absolute Gasteiger partial charge is 0.325 e. The Kier molecular flexibility index (Phi) is 5.57. The van der Waals surface area contributed by atoms with Crippen LogP contribution in [0.5, 0.6) is 0 Å². The lowest BCUT2D eigenvalue weighted by molar-refractivity contribution is -0.113. The molecule has 1 N–H and O–H groups in total. The maximum atomic E-state index is 12.3. The molecule has 2 aromatic carbocycles. The van der Waals surface area contributed by atoms with Gasteiger partial charge in [0.1, 0.15) is 0 Å². The maximum absolute atomic E-state index is 12.3. The van der Waals surface area contributed by atoms with Gasteiger partial charge in [-0.15, -0.1) is 10.2 Å². The minimum absolute atomic E-state index is 0.0938. The standard InChI is InChI=1S/C22H21N5OS/c1-3-16-7-9-17(10-8-16)19-11-12-20-24-25-22(27(20)26-19)29-14-21(28)23-18-6-4-5-15(2)13-18/h4-13H,3,14H2,1-2H3,(H,23,28). The average Bonchev–Trinajstić information content (AvgIpc) is 3.14. The molecule has 4 aromatic rings. The van der Waals surface area contributed by atoms with Crippen LogP contribution in [0.15, 0.2) is 65.8 Å². The Balaban J connectivity index is 1.49. The highest BCUT2D eigenvalue weighted by molar-refractivity contribution is 7.99. The molecule has 4 rings (SSSR count). The third-order valence-corrected chi connectivity index (χ3v) is 5.45. The summed E-state index contributed by atoms with van der Waals surface area (Å²) in [6.07, 6.45) is 1.00. The van der Waals surface area contributed by atoms with Gasteiger partial charge in [-0.3, -0.25) is 4.79 Å². The lowest BCUT2D eigenvalue weighted by Gasteiger charge is -2.06. The van der Waals surface area contributed by atoms with Gasteiger partial charge in [0.05, 0.1) is 11.4 Å². The van der Waals surface area contributed by atoms with Crippen LogP contribution in [0.4, 0.5) is 5.69 Å². The van der Waals surface area contributed by atoms with Crippen molar-refractivity contribution in [3.05, 3.63) is 71.8 Å². The molecule has 29 heavy (non-hydrogen) atoms. The molecule has 0 saturated heterocycles. The van der Waals surface area contributed by atoms with Crippen LogP contribution < -0.4 is 5.32 Å². The van der Waals surface area contributed by atoms with E-state index < -0.39 is 0 Å². The zero-order chi connectivity index (χ0) is 20.2. The number of rotatable bonds is 6. The fourth-order valence-electron chi connectivity index (χ4n) is 2.97. The quantitative estimate of drug-likeness (QED) is 0.483. The van der Waals surface area contributed by atoms with Gasteiger partial charge in [-0.25, -0.2) is 0 Å². The van der Waals surface area contributed by atoms with Gasteiger partial charge in [0, 0.05) is 11.3 Å². The van der Waals surface area contributed by atoms with Crippen molar-refractivity contribution < 1.29 is 4.79 Å². The van der Waals surface area contributed by atoms with Gasteiger partial charge in [-0.1, -0.05) is 55.1 Å². The molecule has 0 atom stereocenters. The van der Waals surface area contributed by atoms with E-state index in [0.717, 1.165) is 28.9 Å². The Morgan fingerprint density at radius 1 is 1.07 bits per heavy atom. The number of anilines is 1. The number of benzene rings is 2. The van der Waals surface area contributed by atoms with Crippen LogP contribution >= 0.6 is 11.8 Å². The number of carbonyl (C=O) groups excluding carboxylic acids is 1. The molecule has 146 valence electrons. The Bertz CT molecular complexity index is 1150. The molecule has 0 unspecified atom stereocenters. The number of thioether (sulfide) groups is 1. The fourth-order valence-corrected chi connectivity index (χ4v) is 3.66. The van der Waals surface area contributed by atoms with E-state index >= 15 is 0 Å². The van der Waals surface area contributed by atoms with Gasteiger partial charge in [0.25, 0.3) is 0 Å². The highest BCUT2D eigenvalue weighted by Crippen LogP contribution is 2.21. The molecular weight excluding hydrogens is 382 g/mol. The lowest BCUT2D eigenvalue weighted by atomic mass is 10.1. The van der Waals surface area contributed by atoms with E-state index in [4.69, 9.17) is 0 Å². The normalized spacial score (nSPS) is 11.0. The zero-order valence-corrected chi connectivity index (χ0v) is 17.1. The van der Waals surface area contributed by atoms with Crippen LogP contribution in [0.2, 0.25) is 0 Å². The van der Waals surface area contributed by atoms with E-state index in [1.807, 2.05) is 43.3 Å². The summed E-state index contributed by atoms with van der Waals surface area (Å²) in [5.74, 6) is 0.134. The topological polar surface area (TPSA) is 72.2 Å². The van der Waals surface area contributed by atoms with E-state index in [1.54, 1.807) is 4.52 Å². The van der Waals surface area contributed by atoms with Crippen molar-refractivity contribution in [3.63, 3.8) is 0 Å². The van der Waals surface area contributed by atoms with Gasteiger partial charge < -0.3 is 5.32 Å². The summed E-state index contributed by atoms with van der Waals surface area (Å²) >= 11 is 1.31. The molecule has 0 radical (unpaired) electrons. The van der Waals surface area contributed by atoms with Crippen LogP contribution in [0.25, 0.3) is 16.9 Å². The van der Waals surface area contributed by atoms with Crippen molar-refractivity contribution in [2.24, 2.45) is 0 Å². The molecule has 0 saturated carbocycles. The summed E-state index contributed by atoms with van der Waals surface area (Å²) in [4.78, 5) is 12.3. The molecule has 0 bridgehead atoms. The number of aryl methyl sites for hydroxylation is 2. The lowest BCUT2D eigenvalue weighted by Crippen LogP contribution is -2.14. The first-order chi connectivity index (χ1) is 14.1. The number of hydrogen-bond donors (Lipinski definition) is 1. The van der Waals surface area contributed by atoms with Crippen LogP contribution in [-0.4, -0.2) is 31.5 Å². The molecule has 1 amide bonds. The van der Waals surface area contributed by atoms with Gasteiger partial charge >= 0.3 is 0 Å². The Hall–Kier alpha value is -3.19. The molecule has 0 spiro atoms. The second-order valence-electron chi connectivity index (χ2n) is 6.73. The van der Waals surface area contributed by atoms with Gasteiger partial charge in [-0.05, 0) is 48.7 Å². The summed E-state index contributed by atoms with van der Waals surface area (Å²) in [6.45, 7) is 4.13. The molecule has 0 fully saturated rings. The van der Waals surface area contributed by atoms with E-state index in [9.17, 15) is 4.79 Å². The number of aromatic nitrogens is 4. The van der Waals surface area contributed by atoms with Gasteiger partial charge in [0.2, 0.25) is 11.1 Å². The summed E-state index contributed by atoms with van der Waals surface area (Å²) in [5.41, 5.74) is 5.70. The van der Waals surface area contributed by atoms with E-state index in [2.05, 4.69) is 51.8 Å². The number of fused-ring (bicyclic) bond motifs is 1. The van der Waals surface area contributed by atoms with Crippen LogP contribution in [-0.2, 0) is 11.2 Å². The average molecular weight is 404 g/mol. The second-order valence-corrected chi connectivity index (χ2v) is 7.67. The fraction of sp³-hybridized carbons (Fsp3) is 0.182. The number of nitrogens with zero attached hydrogens (tertiary/aromatic N) is 4. The van der Waals surface area contributed by atoms with Crippen molar-refractivity contribution in [2.75, 3.05) is 11.1 Å². The second kappa shape index (κ2) is 8.45. The minimum Gasteiger partial charge on any atom is -0.325 e. The van der Waals surface area contributed by atoms with Crippen molar-refractivity contribution in [3.8, 4) is 11.3 Å². The van der Waals surface area contributed by atoms with E-state index in [-0.39, 0.29) is 11.7 Å². The molecule has 2 aromatic heterocycles. The highest BCUT2D eigenvalue weighted by Gasteiger charge is 2.12. The third-order valence-electron chi connectivity index (χ3n) is 4.53. The van der Waals surface area contributed by atoms with Crippen molar-refractivity contribution in [1.29, 1.82) is 0 Å². The van der Waals surface area contributed by atoms with Gasteiger partial charge in [-0.2, -0.15) is 9.61 Å². The monoisotopic (exact) mass is 403 g/mol. The van der Waals surface area contributed by atoms with Crippen LogP contribution in [0.1, 0.15) is 18.1 Å². The molecule has 0 aliphatic carbocycles. The molecule has 2 heterocycles. The third kappa shape index (κ3) is 4.46. The Morgan fingerprint density at radius 3 is 2.66 bits per heavy atom. The van der Waals surface area contributed by atoms with Crippen molar-refractivity contribution in [2.45, 2.75) is 25.4 Å². The Morgan fingerprint density at radius 2 is 1.90 bits per heavy atom. The van der Waals surface area contributed by atoms with Crippen molar-refractivity contribution >= 4 is 29.0 Å². The van der Waals surface area contributed by atoms with Gasteiger partial charge in [0.15, 0.2) is 5.65 Å². The van der Waals surface area contributed by atoms with Crippen molar-refractivity contribution in [1.82, 2.24) is 19.8 Å². The molecule has 7 heteroatoms. The maximum Gasteiger partial charge on any atom is 0.234 e. The van der Waals surface area contributed by atoms with Crippen LogP contribution in [0, 0.1) is 6.92 Å². The predicted octanol–water partition coefficient (Wildman–Crippen LogP) is 4.39. The number of nitrogens with one attached hydrogen (secondary N) is 1.